The van der Waals surface area contributed by atoms with Gasteiger partial charge in [0.05, 0.1) is 18.3 Å². The number of pyridine rings is 1. The van der Waals surface area contributed by atoms with Gasteiger partial charge in [-0.15, -0.1) is 13.2 Å². The molecular formula is C15H11BrF3NO5. The second-order valence-electron chi connectivity index (χ2n) is 4.36. The zero-order valence-corrected chi connectivity index (χ0v) is 14.0. The molecule has 0 radical (unpaired) electrons. The van der Waals surface area contributed by atoms with E-state index in [9.17, 15) is 18.0 Å². The smallest absolute Gasteiger partial charge is 0.493 e. The lowest BCUT2D eigenvalue weighted by Crippen LogP contribution is -2.17. The van der Waals surface area contributed by atoms with Crippen molar-refractivity contribution < 1.29 is 41.0 Å². The summed E-state index contributed by atoms with van der Waals surface area (Å²) in [5.74, 6) is -2.47. The molecule has 134 valence electrons. The molecule has 10 heteroatoms. The maximum absolute atomic E-state index is 12.4. The van der Waals surface area contributed by atoms with E-state index in [0.29, 0.717) is 6.07 Å². The number of carbonyl (C=O) groups is 1. The fourth-order valence-corrected chi connectivity index (χ4v) is 2.04. The number of esters is 1. The maximum Gasteiger partial charge on any atom is 0.573 e. The van der Waals surface area contributed by atoms with Crippen LogP contribution in [0.5, 0.6) is 23.0 Å². The van der Waals surface area contributed by atoms with Crippen molar-refractivity contribution in [1.29, 1.82) is 0 Å². The normalized spacial score (nSPS) is 13.2. The fraction of sp³-hybridized carbons (Fsp3) is 0.200. The van der Waals surface area contributed by atoms with Crippen molar-refractivity contribution in [3.63, 3.8) is 0 Å². The second kappa shape index (κ2) is 7.60. The molecule has 0 unspecified atom stereocenters. The third kappa shape index (κ3) is 4.99. The second-order valence-corrected chi connectivity index (χ2v) is 5.17. The predicted octanol–water partition coefficient (Wildman–Crippen LogP) is 4.33. The first-order valence-electron chi connectivity index (χ1n) is 7.88. The molecule has 6 nitrogen and oxygen atoms in total. The summed E-state index contributed by atoms with van der Waals surface area (Å²) in [5, 5.41) is 0. The highest BCUT2D eigenvalue weighted by Crippen LogP contribution is 2.37. The van der Waals surface area contributed by atoms with Crippen LogP contribution in [-0.4, -0.2) is 31.5 Å². The number of aromatic nitrogens is 1. The van der Waals surface area contributed by atoms with Gasteiger partial charge in [-0.1, -0.05) is 0 Å². The van der Waals surface area contributed by atoms with Gasteiger partial charge in [0.15, 0.2) is 11.5 Å². The number of carbonyl (C=O) groups excluding carboxylic acids is 1. The molecule has 0 aliphatic rings. The number of rotatable bonds is 5. The van der Waals surface area contributed by atoms with Crippen molar-refractivity contribution in [2.24, 2.45) is 0 Å². The van der Waals surface area contributed by atoms with E-state index in [1.807, 2.05) is 0 Å². The van der Waals surface area contributed by atoms with Crippen molar-refractivity contribution in [2.45, 2.75) is 6.36 Å². The Morgan fingerprint density at radius 2 is 2.00 bits per heavy atom. The number of hydrogen-bond donors (Lipinski definition) is 0. The first-order valence-corrected chi connectivity index (χ1v) is 7.18. The molecule has 0 saturated heterocycles. The van der Waals surface area contributed by atoms with Gasteiger partial charge >= 0.3 is 12.3 Å². The van der Waals surface area contributed by atoms with Crippen LogP contribution in [0.25, 0.3) is 0 Å². The summed E-state index contributed by atoms with van der Waals surface area (Å²) < 4.78 is 77.6. The third-order valence-corrected chi connectivity index (χ3v) is 3.15. The van der Waals surface area contributed by atoms with Gasteiger partial charge in [-0.25, -0.2) is 9.78 Å². The highest BCUT2D eigenvalue weighted by molar-refractivity contribution is 9.10. The van der Waals surface area contributed by atoms with Gasteiger partial charge in [0.2, 0.25) is 0 Å². The standard InChI is InChI=1S/C15H11BrF3NO5/c1-22-12-5-8(25-15(17,18)19)3-4-10(12)24-11-6-13(16)20-7-9(11)14(21)23-2/h3-7H,1-2H3/i1D3. The molecule has 0 N–H and O–H groups in total. The topological polar surface area (TPSA) is 66.9 Å². The number of alkyl halides is 3. The molecule has 2 rings (SSSR count). The molecule has 1 aromatic carbocycles. The summed E-state index contributed by atoms with van der Waals surface area (Å²) in [7, 11) is -1.86. The number of benzene rings is 1. The quantitative estimate of drug-likeness (QED) is 0.525. The van der Waals surface area contributed by atoms with Gasteiger partial charge in [0.1, 0.15) is 21.7 Å². The Labute approximate surface area is 152 Å². The van der Waals surface area contributed by atoms with Crippen LogP contribution in [0.3, 0.4) is 0 Å². The molecule has 1 aromatic heterocycles. The molecule has 0 aliphatic heterocycles. The minimum Gasteiger partial charge on any atom is -0.493 e. The van der Waals surface area contributed by atoms with Crippen LogP contribution in [0.15, 0.2) is 35.1 Å². The number of hydrogen-bond acceptors (Lipinski definition) is 6. The van der Waals surface area contributed by atoms with E-state index >= 15 is 0 Å². The molecule has 0 atom stereocenters. The number of halogens is 4. The first kappa shape index (κ1) is 14.8. The molecule has 0 bridgehead atoms. The van der Waals surface area contributed by atoms with Crippen molar-refractivity contribution in [2.75, 3.05) is 14.1 Å². The van der Waals surface area contributed by atoms with E-state index in [2.05, 4.69) is 30.4 Å². The zero-order valence-electron chi connectivity index (χ0n) is 15.4. The maximum atomic E-state index is 12.4. The summed E-state index contributed by atoms with van der Waals surface area (Å²) in [5.41, 5.74) is -0.110. The summed E-state index contributed by atoms with van der Waals surface area (Å²) >= 11 is 3.08. The highest BCUT2D eigenvalue weighted by atomic mass is 79.9. The SMILES string of the molecule is [2H]C([2H])([2H])Oc1cc(OC(F)(F)F)ccc1Oc1cc(Br)ncc1C(=O)OC. The van der Waals surface area contributed by atoms with Crippen LogP contribution in [0.4, 0.5) is 13.2 Å². The summed E-state index contributed by atoms with van der Waals surface area (Å²) in [6, 6.07) is 3.87. The monoisotopic (exact) mass is 424 g/mol. The molecular weight excluding hydrogens is 411 g/mol. The van der Waals surface area contributed by atoms with Gasteiger partial charge in [0.25, 0.3) is 0 Å². The average molecular weight is 425 g/mol. The number of ether oxygens (including phenoxy) is 4. The lowest BCUT2D eigenvalue weighted by molar-refractivity contribution is -0.274. The Morgan fingerprint density at radius 1 is 1.24 bits per heavy atom. The average Bonchev–Trinajstić information content (AvgIpc) is 2.54. The Hall–Kier alpha value is -2.49. The molecule has 0 saturated carbocycles. The minimum atomic E-state index is -4.99. The highest BCUT2D eigenvalue weighted by Gasteiger charge is 2.31. The van der Waals surface area contributed by atoms with E-state index in [4.69, 9.17) is 13.6 Å². The molecule has 2 aromatic rings. The molecule has 0 amide bonds. The van der Waals surface area contributed by atoms with Crippen molar-refractivity contribution in [1.82, 2.24) is 4.98 Å². The number of nitrogens with zero attached hydrogens (tertiary/aromatic N) is 1. The summed E-state index contributed by atoms with van der Waals surface area (Å²) in [6.07, 6.45) is -3.86. The van der Waals surface area contributed by atoms with Crippen LogP contribution in [0.2, 0.25) is 0 Å². The van der Waals surface area contributed by atoms with E-state index in [0.717, 1.165) is 25.4 Å². The van der Waals surface area contributed by atoms with Crippen LogP contribution in [-0.2, 0) is 4.74 Å². The van der Waals surface area contributed by atoms with Crippen LogP contribution < -0.4 is 14.2 Å². The molecule has 0 spiro atoms. The Bertz CT molecular complexity index is 877. The zero-order chi connectivity index (χ0) is 21.1. The van der Waals surface area contributed by atoms with Gasteiger partial charge in [-0.05, 0) is 28.1 Å². The predicted molar refractivity (Wildman–Crippen MR) is 83.0 cm³/mol. The summed E-state index contributed by atoms with van der Waals surface area (Å²) in [6.45, 7) is 0. The molecule has 0 fully saturated rings. The molecule has 1 heterocycles. The first-order chi connectivity index (χ1) is 12.9. The third-order valence-electron chi connectivity index (χ3n) is 2.72. The Kier molecular flexibility index (Phi) is 4.50. The van der Waals surface area contributed by atoms with Crippen molar-refractivity contribution in [3.05, 3.63) is 40.6 Å². The van der Waals surface area contributed by atoms with E-state index in [1.165, 1.54) is 6.07 Å². The van der Waals surface area contributed by atoms with E-state index in [-0.39, 0.29) is 21.7 Å². The fourth-order valence-electron chi connectivity index (χ4n) is 1.73. The van der Waals surface area contributed by atoms with E-state index in [1.54, 1.807) is 0 Å². The van der Waals surface area contributed by atoms with Gasteiger partial charge in [0, 0.05) is 18.3 Å². The van der Waals surface area contributed by atoms with Gasteiger partial charge < -0.3 is 18.9 Å². The lowest BCUT2D eigenvalue weighted by Gasteiger charge is -2.15. The minimum absolute atomic E-state index is 0.103. The van der Waals surface area contributed by atoms with Crippen LogP contribution in [0, 0.1) is 0 Å². The summed E-state index contributed by atoms with van der Waals surface area (Å²) in [4.78, 5) is 15.7. The molecule has 25 heavy (non-hydrogen) atoms. The van der Waals surface area contributed by atoms with Gasteiger partial charge in [-0.2, -0.15) is 0 Å². The Morgan fingerprint density at radius 3 is 2.64 bits per heavy atom. The number of methoxy groups -OCH3 is 2. The molecule has 0 aliphatic carbocycles. The van der Waals surface area contributed by atoms with E-state index < -0.39 is 30.9 Å². The van der Waals surface area contributed by atoms with Crippen LogP contribution in [0.1, 0.15) is 14.5 Å². The van der Waals surface area contributed by atoms with Crippen LogP contribution >= 0.6 is 15.9 Å². The Balaban J connectivity index is 2.47. The lowest BCUT2D eigenvalue weighted by atomic mass is 10.2. The van der Waals surface area contributed by atoms with Gasteiger partial charge in [-0.3, -0.25) is 0 Å². The van der Waals surface area contributed by atoms with Crippen molar-refractivity contribution >= 4 is 21.9 Å². The largest absolute Gasteiger partial charge is 0.573 e. The van der Waals surface area contributed by atoms with Crippen molar-refractivity contribution in [3.8, 4) is 23.0 Å².